The molecule has 0 radical (unpaired) electrons. The Hall–Kier alpha value is -1.34. The van der Waals surface area contributed by atoms with Crippen LogP contribution in [-0.2, 0) is 6.54 Å². The Labute approximate surface area is 133 Å². The molecule has 7 heteroatoms. The summed E-state index contributed by atoms with van der Waals surface area (Å²) >= 11 is 3.69. The van der Waals surface area contributed by atoms with Crippen LogP contribution in [-0.4, -0.2) is 46.6 Å². The van der Waals surface area contributed by atoms with Crippen molar-refractivity contribution in [2.75, 3.05) is 41.4 Å². The molecule has 2 aromatic rings. The largest absolute Gasteiger partial charge is 0.355 e. The van der Waals surface area contributed by atoms with Crippen molar-refractivity contribution in [2.45, 2.75) is 13.5 Å². The summed E-state index contributed by atoms with van der Waals surface area (Å²) in [7, 11) is 2.05. The summed E-state index contributed by atoms with van der Waals surface area (Å²) in [6, 6.07) is 2.08. The summed E-state index contributed by atoms with van der Waals surface area (Å²) in [5.41, 5.74) is 1.09. The van der Waals surface area contributed by atoms with Gasteiger partial charge < -0.3 is 9.80 Å². The minimum Gasteiger partial charge on any atom is -0.355 e. The predicted octanol–water partition coefficient (Wildman–Crippen LogP) is 2.43. The lowest BCUT2D eigenvalue weighted by Crippen LogP contribution is -2.33. The van der Waals surface area contributed by atoms with Crippen LogP contribution in [0, 0.1) is 6.92 Å². The molecule has 0 bridgehead atoms. The van der Waals surface area contributed by atoms with Gasteiger partial charge in [0.1, 0.15) is 18.0 Å². The summed E-state index contributed by atoms with van der Waals surface area (Å²) in [6.07, 6.45) is 1.66. The first-order valence-corrected chi connectivity index (χ1v) is 9.03. The highest BCUT2D eigenvalue weighted by Gasteiger charge is 2.14. The molecule has 5 nitrogen and oxygen atoms in total. The van der Waals surface area contributed by atoms with E-state index in [9.17, 15) is 0 Å². The summed E-state index contributed by atoms with van der Waals surface area (Å²) < 4.78 is 0. The Kier molecular flexibility index (Phi) is 4.60. The van der Waals surface area contributed by atoms with Crippen molar-refractivity contribution in [1.82, 2.24) is 15.0 Å². The molecule has 3 rings (SSSR count). The van der Waals surface area contributed by atoms with Gasteiger partial charge in [-0.2, -0.15) is 11.8 Å². The van der Waals surface area contributed by atoms with Crippen LogP contribution in [0.4, 0.5) is 11.6 Å². The zero-order chi connectivity index (χ0) is 14.7. The number of rotatable bonds is 4. The van der Waals surface area contributed by atoms with E-state index in [0.29, 0.717) is 0 Å². The molecule has 0 aliphatic carbocycles. The molecule has 0 atom stereocenters. The highest BCUT2D eigenvalue weighted by molar-refractivity contribution is 7.99. The molecular formula is C14H19N5S2. The summed E-state index contributed by atoms with van der Waals surface area (Å²) in [6.45, 7) is 4.94. The van der Waals surface area contributed by atoms with Crippen molar-refractivity contribution in [3.63, 3.8) is 0 Å². The molecule has 1 aliphatic heterocycles. The van der Waals surface area contributed by atoms with Gasteiger partial charge in [0.05, 0.1) is 17.2 Å². The molecule has 0 unspecified atom stereocenters. The van der Waals surface area contributed by atoms with E-state index < -0.39 is 0 Å². The first-order chi connectivity index (χ1) is 10.2. The zero-order valence-electron chi connectivity index (χ0n) is 12.3. The average Bonchev–Trinajstić information content (AvgIpc) is 2.93. The second-order valence-electron chi connectivity index (χ2n) is 5.05. The minimum absolute atomic E-state index is 0.774. The van der Waals surface area contributed by atoms with Gasteiger partial charge in [0, 0.05) is 43.1 Å². The van der Waals surface area contributed by atoms with Crippen LogP contribution in [0.15, 0.2) is 17.8 Å². The molecule has 21 heavy (non-hydrogen) atoms. The number of thioether (sulfide) groups is 1. The highest BCUT2D eigenvalue weighted by Crippen LogP contribution is 2.21. The van der Waals surface area contributed by atoms with Gasteiger partial charge >= 0.3 is 0 Å². The molecule has 2 aromatic heterocycles. The first-order valence-electron chi connectivity index (χ1n) is 6.99. The first kappa shape index (κ1) is 14.6. The fourth-order valence-electron chi connectivity index (χ4n) is 2.32. The van der Waals surface area contributed by atoms with Crippen LogP contribution in [0.3, 0.4) is 0 Å². The Morgan fingerprint density at radius 2 is 2.10 bits per heavy atom. The third kappa shape index (κ3) is 3.65. The molecule has 0 saturated carbocycles. The van der Waals surface area contributed by atoms with E-state index in [2.05, 4.69) is 36.2 Å². The van der Waals surface area contributed by atoms with Gasteiger partial charge in [-0.1, -0.05) is 0 Å². The van der Waals surface area contributed by atoms with Gasteiger partial charge in [0.2, 0.25) is 0 Å². The predicted molar refractivity (Wildman–Crippen MR) is 90.5 cm³/mol. The van der Waals surface area contributed by atoms with E-state index in [1.54, 1.807) is 17.7 Å². The molecule has 0 spiro atoms. The van der Waals surface area contributed by atoms with Crippen molar-refractivity contribution in [1.29, 1.82) is 0 Å². The molecule has 0 N–H and O–H groups in total. The third-order valence-corrected chi connectivity index (χ3v) is 5.19. The monoisotopic (exact) mass is 321 g/mol. The van der Waals surface area contributed by atoms with Gasteiger partial charge in [-0.05, 0) is 6.92 Å². The van der Waals surface area contributed by atoms with E-state index in [1.165, 1.54) is 11.5 Å². The number of nitrogens with zero attached hydrogens (tertiary/aromatic N) is 5. The van der Waals surface area contributed by atoms with Crippen LogP contribution >= 0.6 is 23.1 Å². The van der Waals surface area contributed by atoms with E-state index in [4.69, 9.17) is 0 Å². The van der Waals surface area contributed by atoms with Gasteiger partial charge in [0.25, 0.3) is 0 Å². The summed E-state index contributed by atoms with van der Waals surface area (Å²) in [4.78, 5) is 17.8. The van der Waals surface area contributed by atoms with Crippen molar-refractivity contribution in [2.24, 2.45) is 0 Å². The maximum absolute atomic E-state index is 4.51. The van der Waals surface area contributed by atoms with Gasteiger partial charge in [-0.15, -0.1) is 11.3 Å². The molecule has 1 saturated heterocycles. The number of hydrogen-bond acceptors (Lipinski definition) is 7. The van der Waals surface area contributed by atoms with Crippen LogP contribution in [0.25, 0.3) is 0 Å². The van der Waals surface area contributed by atoms with E-state index >= 15 is 0 Å². The fourth-order valence-corrected chi connectivity index (χ4v) is 3.82. The second-order valence-corrected chi connectivity index (χ2v) is 7.33. The maximum Gasteiger partial charge on any atom is 0.134 e. The fraction of sp³-hybridized carbons (Fsp3) is 0.500. The Bertz CT molecular complexity index is 595. The number of anilines is 2. The van der Waals surface area contributed by atoms with Crippen LogP contribution in [0.5, 0.6) is 0 Å². The standard InChI is InChI=1S/C14H19N5S2/c1-11-17-12(9-21-11)8-18(2)13-7-14(16-10-15-13)19-3-5-20-6-4-19/h7,9-10H,3-6,8H2,1-2H3. The third-order valence-electron chi connectivity index (χ3n) is 3.43. The number of hydrogen-bond donors (Lipinski definition) is 0. The molecule has 0 aromatic carbocycles. The van der Waals surface area contributed by atoms with E-state index in [-0.39, 0.29) is 0 Å². The second kappa shape index (κ2) is 6.62. The smallest absolute Gasteiger partial charge is 0.134 e. The minimum atomic E-state index is 0.774. The van der Waals surface area contributed by atoms with Gasteiger partial charge in [-0.3, -0.25) is 0 Å². The molecule has 1 fully saturated rings. The molecule has 3 heterocycles. The zero-order valence-corrected chi connectivity index (χ0v) is 14.0. The average molecular weight is 321 g/mol. The lowest BCUT2D eigenvalue weighted by molar-refractivity contribution is 0.823. The lowest BCUT2D eigenvalue weighted by Gasteiger charge is -2.28. The summed E-state index contributed by atoms with van der Waals surface area (Å²) in [5, 5.41) is 3.21. The van der Waals surface area contributed by atoms with Crippen molar-refractivity contribution in [3.05, 3.63) is 28.5 Å². The quantitative estimate of drug-likeness (QED) is 0.862. The Morgan fingerprint density at radius 3 is 2.81 bits per heavy atom. The van der Waals surface area contributed by atoms with Gasteiger partial charge in [0.15, 0.2) is 0 Å². The molecule has 1 aliphatic rings. The highest BCUT2D eigenvalue weighted by atomic mass is 32.2. The van der Waals surface area contributed by atoms with E-state index in [1.807, 2.05) is 25.7 Å². The molecule has 0 amide bonds. The molecule has 112 valence electrons. The summed E-state index contributed by atoms with van der Waals surface area (Å²) in [5.74, 6) is 4.33. The maximum atomic E-state index is 4.51. The SMILES string of the molecule is Cc1nc(CN(C)c2cc(N3CCSCC3)ncn2)cs1. The van der Waals surface area contributed by atoms with Crippen molar-refractivity contribution in [3.8, 4) is 0 Å². The van der Waals surface area contributed by atoms with Gasteiger partial charge in [-0.25, -0.2) is 15.0 Å². The van der Waals surface area contributed by atoms with Crippen molar-refractivity contribution >= 4 is 34.7 Å². The van der Waals surface area contributed by atoms with E-state index in [0.717, 1.165) is 42.0 Å². The van der Waals surface area contributed by atoms with Crippen LogP contribution in [0.2, 0.25) is 0 Å². The molecular weight excluding hydrogens is 302 g/mol. The number of aryl methyl sites for hydroxylation is 1. The van der Waals surface area contributed by atoms with Crippen LogP contribution < -0.4 is 9.80 Å². The Balaban J connectivity index is 1.72. The topological polar surface area (TPSA) is 45.2 Å². The van der Waals surface area contributed by atoms with Crippen molar-refractivity contribution < 1.29 is 0 Å². The normalized spacial score (nSPS) is 15.2. The Morgan fingerprint density at radius 1 is 1.29 bits per heavy atom. The number of thiazole rings is 1. The van der Waals surface area contributed by atoms with Crippen LogP contribution in [0.1, 0.15) is 10.7 Å². The number of aromatic nitrogens is 3. The lowest BCUT2D eigenvalue weighted by atomic mass is 10.4.